The first-order chi connectivity index (χ1) is 8.18. The fraction of sp³-hybridized carbons (Fsp3) is 0.167. The Hall–Kier alpha value is -2.30. The van der Waals surface area contributed by atoms with Gasteiger partial charge in [-0.2, -0.15) is 5.10 Å². The van der Waals surface area contributed by atoms with Gasteiger partial charge >= 0.3 is 0 Å². The van der Waals surface area contributed by atoms with Crippen molar-refractivity contribution in [1.29, 1.82) is 0 Å². The number of hydrogen-bond donors (Lipinski definition) is 1. The second-order valence-corrected chi connectivity index (χ2v) is 4.01. The van der Waals surface area contributed by atoms with Crippen LogP contribution in [-0.4, -0.2) is 14.9 Å². The van der Waals surface area contributed by atoms with Crippen LogP contribution < -0.4 is 5.73 Å². The molecule has 5 nitrogen and oxygen atoms in total. The predicted molar refractivity (Wildman–Crippen MR) is 65.4 cm³/mol. The number of benzene rings is 1. The molecule has 3 aromatic rings. The Morgan fingerprint density at radius 1 is 1.24 bits per heavy atom. The van der Waals surface area contributed by atoms with Gasteiger partial charge in [-0.25, -0.2) is 0 Å². The van der Waals surface area contributed by atoms with Crippen LogP contribution in [-0.2, 0) is 7.05 Å². The van der Waals surface area contributed by atoms with E-state index in [9.17, 15) is 0 Å². The molecule has 0 fully saturated rings. The molecule has 0 radical (unpaired) electrons. The summed E-state index contributed by atoms with van der Waals surface area (Å²) in [7, 11) is 1.91. The van der Waals surface area contributed by atoms with Crippen molar-refractivity contribution in [3.63, 3.8) is 0 Å². The summed E-state index contributed by atoms with van der Waals surface area (Å²) in [6.45, 7) is 1.88. The molecule has 0 saturated heterocycles. The van der Waals surface area contributed by atoms with Crippen molar-refractivity contribution in [3.8, 4) is 11.4 Å². The van der Waals surface area contributed by atoms with Crippen molar-refractivity contribution in [3.05, 3.63) is 29.8 Å². The SMILES string of the molecule is Cc1c(-c2nn(C)c3ccccc23)noc1N. The van der Waals surface area contributed by atoms with Gasteiger partial charge in [-0.05, 0) is 13.0 Å². The lowest BCUT2D eigenvalue weighted by molar-refractivity contribution is 0.438. The minimum absolute atomic E-state index is 0.342. The molecule has 2 heterocycles. The van der Waals surface area contributed by atoms with Gasteiger partial charge in [-0.3, -0.25) is 4.68 Å². The molecule has 1 aromatic carbocycles. The largest absolute Gasteiger partial charge is 0.367 e. The van der Waals surface area contributed by atoms with Gasteiger partial charge in [0.2, 0.25) is 5.88 Å². The number of nitrogens with two attached hydrogens (primary N) is 1. The van der Waals surface area contributed by atoms with Crippen LogP contribution in [0, 0.1) is 6.92 Å². The molecule has 3 rings (SSSR count). The lowest BCUT2D eigenvalue weighted by Gasteiger charge is -1.92. The average molecular weight is 228 g/mol. The van der Waals surface area contributed by atoms with E-state index in [-0.39, 0.29) is 0 Å². The topological polar surface area (TPSA) is 69.9 Å². The van der Waals surface area contributed by atoms with E-state index in [0.717, 1.165) is 22.2 Å². The molecule has 17 heavy (non-hydrogen) atoms. The average Bonchev–Trinajstić information content (AvgIpc) is 2.83. The van der Waals surface area contributed by atoms with E-state index in [4.69, 9.17) is 10.3 Å². The molecule has 0 aliphatic heterocycles. The fourth-order valence-electron chi connectivity index (χ4n) is 1.96. The maximum atomic E-state index is 5.67. The zero-order valence-corrected chi connectivity index (χ0v) is 9.64. The summed E-state index contributed by atoms with van der Waals surface area (Å²) in [4.78, 5) is 0. The van der Waals surface area contributed by atoms with Crippen molar-refractivity contribution in [2.24, 2.45) is 7.05 Å². The van der Waals surface area contributed by atoms with E-state index in [1.165, 1.54) is 0 Å². The maximum Gasteiger partial charge on any atom is 0.225 e. The Morgan fingerprint density at radius 3 is 2.71 bits per heavy atom. The van der Waals surface area contributed by atoms with Crippen LogP contribution in [0.5, 0.6) is 0 Å². The molecule has 0 atom stereocenters. The van der Waals surface area contributed by atoms with E-state index >= 15 is 0 Å². The summed E-state index contributed by atoms with van der Waals surface area (Å²) in [5.74, 6) is 0.342. The number of anilines is 1. The molecule has 0 amide bonds. The summed E-state index contributed by atoms with van der Waals surface area (Å²) < 4.78 is 6.81. The quantitative estimate of drug-likeness (QED) is 0.692. The van der Waals surface area contributed by atoms with Crippen molar-refractivity contribution in [1.82, 2.24) is 14.9 Å². The summed E-state index contributed by atoms with van der Waals surface area (Å²) in [5.41, 5.74) is 9.07. The van der Waals surface area contributed by atoms with Crippen LogP contribution in [0.2, 0.25) is 0 Å². The Kier molecular flexibility index (Phi) is 1.95. The molecule has 5 heteroatoms. The van der Waals surface area contributed by atoms with Gasteiger partial charge in [0, 0.05) is 18.0 Å². The highest BCUT2D eigenvalue weighted by Crippen LogP contribution is 2.30. The van der Waals surface area contributed by atoms with Crippen LogP contribution in [0.4, 0.5) is 5.88 Å². The number of fused-ring (bicyclic) bond motifs is 1. The van der Waals surface area contributed by atoms with Crippen molar-refractivity contribution < 1.29 is 4.52 Å². The number of para-hydroxylation sites is 1. The van der Waals surface area contributed by atoms with E-state index in [1.807, 2.05) is 42.9 Å². The van der Waals surface area contributed by atoms with E-state index < -0.39 is 0 Å². The minimum atomic E-state index is 0.342. The molecular formula is C12H12N4O. The van der Waals surface area contributed by atoms with Crippen molar-refractivity contribution >= 4 is 16.8 Å². The fourth-order valence-corrected chi connectivity index (χ4v) is 1.96. The van der Waals surface area contributed by atoms with Crippen LogP contribution in [0.3, 0.4) is 0 Å². The van der Waals surface area contributed by atoms with E-state index in [2.05, 4.69) is 10.3 Å². The van der Waals surface area contributed by atoms with Crippen molar-refractivity contribution in [2.75, 3.05) is 5.73 Å². The molecule has 0 aliphatic carbocycles. The smallest absolute Gasteiger partial charge is 0.225 e. The van der Waals surface area contributed by atoms with E-state index in [0.29, 0.717) is 11.6 Å². The monoisotopic (exact) mass is 228 g/mol. The lowest BCUT2D eigenvalue weighted by atomic mass is 10.1. The zero-order valence-electron chi connectivity index (χ0n) is 9.64. The normalized spacial score (nSPS) is 11.2. The molecule has 0 unspecified atom stereocenters. The van der Waals surface area contributed by atoms with Crippen LogP contribution in [0.1, 0.15) is 5.56 Å². The van der Waals surface area contributed by atoms with Gasteiger partial charge in [-0.1, -0.05) is 23.4 Å². The first-order valence-electron chi connectivity index (χ1n) is 5.32. The second-order valence-electron chi connectivity index (χ2n) is 4.01. The van der Waals surface area contributed by atoms with Gasteiger partial charge in [0.25, 0.3) is 0 Å². The number of hydrogen-bond acceptors (Lipinski definition) is 4. The molecule has 0 saturated carbocycles. The van der Waals surface area contributed by atoms with Gasteiger partial charge in [-0.15, -0.1) is 0 Å². The zero-order chi connectivity index (χ0) is 12.0. The molecule has 0 aliphatic rings. The van der Waals surface area contributed by atoms with Crippen molar-refractivity contribution in [2.45, 2.75) is 6.92 Å². The van der Waals surface area contributed by atoms with Crippen LogP contribution >= 0.6 is 0 Å². The molecule has 2 N–H and O–H groups in total. The highest BCUT2D eigenvalue weighted by Gasteiger charge is 2.17. The molecule has 2 aromatic heterocycles. The number of aromatic nitrogens is 3. The molecule has 0 bridgehead atoms. The Bertz CT molecular complexity index is 696. The number of nitrogens with zero attached hydrogens (tertiary/aromatic N) is 3. The summed E-state index contributed by atoms with van der Waals surface area (Å²) in [5, 5.41) is 9.49. The van der Waals surface area contributed by atoms with Crippen LogP contribution in [0.25, 0.3) is 22.3 Å². The summed E-state index contributed by atoms with van der Waals surface area (Å²) in [6, 6.07) is 8.00. The Morgan fingerprint density at radius 2 is 2.00 bits per heavy atom. The Labute approximate surface area is 97.8 Å². The molecule has 0 spiro atoms. The number of aryl methyl sites for hydroxylation is 1. The van der Waals surface area contributed by atoms with Gasteiger partial charge in [0.05, 0.1) is 5.52 Å². The highest BCUT2D eigenvalue weighted by atomic mass is 16.5. The second kappa shape index (κ2) is 3.35. The van der Waals surface area contributed by atoms with Gasteiger partial charge in [0.1, 0.15) is 11.4 Å². The number of rotatable bonds is 1. The van der Waals surface area contributed by atoms with Gasteiger partial charge < -0.3 is 10.3 Å². The summed E-state index contributed by atoms with van der Waals surface area (Å²) in [6.07, 6.45) is 0. The number of nitrogen functional groups attached to an aromatic ring is 1. The lowest BCUT2D eigenvalue weighted by Crippen LogP contribution is -1.90. The third-order valence-corrected chi connectivity index (χ3v) is 2.94. The van der Waals surface area contributed by atoms with Crippen LogP contribution in [0.15, 0.2) is 28.8 Å². The Balaban J connectivity index is 2.35. The standard InChI is InChI=1S/C12H12N4O/c1-7-10(15-17-12(7)13)11-8-5-3-4-6-9(8)16(2)14-11/h3-6H,13H2,1-2H3. The third-order valence-electron chi connectivity index (χ3n) is 2.94. The van der Waals surface area contributed by atoms with E-state index in [1.54, 1.807) is 0 Å². The predicted octanol–water partition coefficient (Wildman–Crippen LogP) is 2.12. The van der Waals surface area contributed by atoms with Gasteiger partial charge in [0.15, 0.2) is 0 Å². The summed E-state index contributed by atoms with van der Waals surface area (Å²) >= 11 is 0. The highest BCUT2D eigenvalue weighted by molar-refractivity contribution is 5.93. The first-order valence-corrected chi connectivity index (χ1v) is 5.32. The maximum absolute atomic E-state index is 5.67. The minimum Gasteiger partial charge on any atom is -0.367 e. The molecular weight excluding hydrogens is 216 g/mol. The molecule has 86 valence electrons. The first kappa shape index (κ1) is 9.89. The third kappa shape index (κ3) is 1.32.